The zero-order valence-corrected chi connectivity index (χ0v) is 11.4. The van der Waals surface area contributed by atoms with E-state index < -0.39 is 0 Å². The smallest absolute Gasteiger partial charge is 0.139 e. The van der Waals surface area contributed by atoms with Gasteiger partial charge in [0, 0.05) is 33.1 Å². The first-order chi connectivity index (χ1) is 9.15. The van der Waals surface area contributed by atoms with Crippen LogP contribution >= 0.6 is 0 Å². The van der Waals surface area contributed by atoms with Gasteiger partial charge in [-0.2, -0.15) is 0 Å². The molecule has 0 aliphatic carbocycles. The van der Waals surface area contributed by atoms with Crippen molar-refractivity contribution in [3.05, 3.63) is 30.2 Å². The molecule has 0 saturated heterocycles. The molecule has 0 saturated carbocycles. The molecule has 0 fully saturated rings. The van der Waals surface area contributed by atoms with Gasteiger partial charge in [0.25, 0.3) is 0 Å². The van der Waals surface area contributed by atoms with E-state index in [9.17, 15) is 4.39 Å². The topological polar surface area (TPSA) is 37.4 Å². The van der Waals surface area contributed by atoms with Crippen LogP contribution in [-0.2, 0) is 4.74 Å². The van der Waals surface area contributed by atoms with E-state index >= 15 is 0 Å². The molecule has 1 N–H and O–H groups in total. The lowest BCUT2D eigenvalue weighted by Crippen LogP contribution is -2.13. The lowest BCUT2D eigenvalue weighted by atomic mass is 10.1. The van der Waals surface area contributed by atoms with E-state index in [4.69, 9.17) is 4.74 Å². The van der Waals surface area contributed by atoms with Crippen LogP contribution in [0, 0.1) is 5.82 Å². The molecular weight excluding hydrogens is 245 g/mol. The van der Waals surface area contributed by atoms with E-state index in [0.717, 1.165) is 11.1 Å². The number of aromatic nitrogens is 1. The molecule has 0 bridgehead atoms. The summed E-state index contributed by atoms with van der Waals surface area (Å²) < 4.78 is 19.1. The third-order valence-corrected chi connectivity index (χ3v) is 2.89. The molecule has 0 spiro atoms. The van der Waals surface area contributed by atoms with Crippen LogP contribution in [0.4, 0.5) is 15.9 Å². The Morgan fingerprint density at radius 3 is 2.84 bits per heavy atom. The number of anilines is 2. The number of fused-ring (bicyclic) bond motifs is 1. The maximum absolute atomic E-state index is 14.1. The first-order valence-electron chi connectivity index (χ1n) is 6.12. The molecule has 1 heterocycles. The zero-order valence-electron chi connectivity index (χ0n) is 11.4. The van der Waals surface area contributed by atoms with Crippen molar-refractivity contribution in [1.82, 2.24) is 4.98 Å². The predicted molar refractivity (Wildman–Crippen MR) is 76.4 cm³/mol. The summed E-state index contributed by atoms with van der Waals surface area (Å²) >= 11 is 0. The van der Waals surface area contributed by atoms with E-state index in [2.05, 4.69) is 10.3 Å². The van der Waals surface area contributed by atoms with Crippen LogP contribution in [-0.4, -0.2) is 39.3 Å². The molecular formula is C14H18FN3O. The summed E-state index contributed by atoms with van der Waals surface area (Å²) in [5.41, 5.74) is 0.817. The second-order valence-electron chi connectivity index (χ2n) is 4.47. The third kappa shape index (κ3) is 2.76. The Balaban J connectivity index is 2.50. The first-order valence-corrected chi connectivity index (χ1v) is 6.12. The second-order valence-corrected chi connectivity index (χ2v) is 4.47. The van der Waals surface area contributed by atoms with Gasteiger partial charge in [0.15, 0.2) is 0 Å². The molecule has 2 aromatic rings. The maximum atomic E-state index is 14.1. The largest absolute Gasteiger partial charge is 0.383 e. The molecule has 1 aromatic carbocycles. The van der Waals surface area contributed by atoms with Gasteiger partial charge < -0.3 is 15.0 Å². The highest BCUT2D eigenvalue weighted by atomic mass is 19.1. The highest BCUT2D eigenvalue weighted by molar-refractivity contribution is 6.00. The second kappa shape index (κ2) is 5.84. The number of pyridine rings is 1. The van der Waals surface area contributed by atoms with Crippen LogP contribution in [0.15, 0.2) is 24.4 Å². The van der Waals surface area contributed by atoms with Gasteiger partial charge in [-0.25, -0.2) is 9.37 Å². The Morgan fingerprint density at radius 2 is 2.16 bits per heavy atom. The van der Waals surface area contributed by atoms with E-state index in [1.165, 1.54) is 6.07 Å². The summed E-state index contributed by atoms with van der Waals surface area (Å²) in [5, 5.41) is 4.57. The summed E-state index contributed by atoms with van der Waals surface area (Å²) in [7, 11) is 5.35. The minimum Gasteiger partial charge on any atom is -0.383 e. The van der Waals surface area contributed by atoms with Crippen molar-refractivity contribution in [3.8, 4) is 0 Å². The van der Waals surface area contributed by atoms with Crippen LogP contribution in [0.1, 0.15) is 0 Å². The fraction of sp³-hybridized carbons (Fsp3) is 0.357. The molecule has 19 heavy (non-hydrogen) atoms. The number of benzene rings is 1. The van der Waals surface area contributed by atoms with Crippen LogP contribution in [0.25, 0.3) is 10.8 Å². The Morgan fingerprint density at radius 1 is 1.37 bits per heavy atom. The fourth-order valence-electron chi connectivity index (χ4n) is 2.00. The Bertz CT molecular complexity index is 572. The molecule has 4 nitrogen and oxygen atoms in total. The van der Waals surface area contributed by atoms with E-state index in [0.29, 0.717) is 24.4 Å². The monoisotopic (exact) mass is 263 g/mol. The average Bonchev–Trinajstić information content (AvgIpc) is 2.39. The van der Waals surface area contributed by atoms with Crippen LogP contribution in [0.5, 0.6) is 0 Å². The summed E-state index contributed by atoms with van der Waals surface area (Å²) in [4.78, 5) is 6.14. The number of hydrogen-bond donors (Lipinski definition) is 1. The lowest BCUT2D eigenvalue weighted by Gasteiger charge is -2.17. The zero-order chi connectivity index (χ0) is 13.8. The number of nitrogens with zero attached hydrogens (tertiary/aromatic N) is 2. The number of hydrogen-bond acceptors (Lipinski definition) is 4. The standard InChI is InChI=1S/C14H18FN3O/c1-18(2)14-13-10(5-4-6-11(13)15)12(9-17-14)16-7-8-19-3/h4-6,9,16H,7-8H2,1-3H3. The molecule has 0 aliphatic rings. The summed E-state index contributed by atoms with van der Waals surface area (Å²) in [6.07, 6.45) is 1.73. The number of rotatable bonds is 5. The van der Waals surface area contributed by atoms with Gasteiger partial charge in [0.05, 0.1) is 23.9 Å². The molecule has 0 radical (unpaired) electrons. The van der Waals surface area contributed by atoms with Gasteiger partial charge in [-0.3, -0.25) is 0 Å². The van der Waals surface area contributed by atoms with Gasteiger partial charge >= 0.3 is 0 Å². The van der Waals surface area contributed by atoms with Gasteiger partial charge in [0.1, 0.15) is 11.6 Å². The molecule has 102 valence electrons. The highest BCUT2D eigenvalue weighted by Crippen LogP contribution is 2.31. The van der Waals surface area contributed by atoms with Crippen LogP contribution < -0.4 is 10.2 Å². The molecule has 2 rings (SSSR count). The first kappa shape index (κ1) is 13.5. The Kier molecular flexibility index (Phi) is 4.16. The van der Waals surface area contributed by atoms with Crippen LogP contribution in [0.2, 0.25) is 0 Å². The number of ether oxygens (including phenoxy) is 1. The summed E-state index contributed by atoms with van der Waals surface area (Å²) in [5.74, 6) is 0.370. The summed E-state index contributed by atoms with van der Waals surface area (Å²) in [6.45, 7) is 1.25. The summed E-state index contributed by atoms with van der Waals surface area (Å²) in [6, 6.07) is 5.05. The third-order valence-electron chi connectivity index (χ3n) is 2.89. The minimum atomic E-state index is -0.260. The fourth-order valence-corrected chi connectivity index (χ4v) is 2.00. The molecule has 5 heteroatoms. The number of nitrogens with one attached hydrogen (secondary N) is 1. The van der Waals surface area contributed by atoms with Crippen molar-refractivity contribution in [1.29, 1.82) is 0 Å². The molecule has 0 amide bonds. The molecule has 0 unspecified atom stereocenters. The van der Waals surface area contributed by atoms with Crippen molar-refractivity contribution in [3.63, 3.8) is 0 Å². The van der Waals surface area contributed by atoms with E-state index in [1.807, 2.05) is 25.1 Å². The Labute approximate surface area is 112 Å². The van der Waals surface area contributed by atoms with Crippen molar-refractivity contribution < 1.29 is 9.13 Å². The molecule has 0 atom stereocenters. The van der Waals surface area contributed by atoms with Crippen molar-refractivity contribution in [2.24, 2.45) is 0 Å². The lowest BCUT2D eigenvalue weighted by molar-refractivity contribution is 0.211. The minimum absolute atomic E-state index is 0.260. The predicted octanol–water partition coefficient (Wildman–Crippen LogP) is 2.50. The quantitative estimate of drug-likeness (QED) is 0.841. The SMILES string of the molecule is COCCNc1cnc(N(C)C)c2c(F)cccc12. The van der Waals surface area contributed by atoms with Crippen molar-refractivity contribution >= 4 is 22.3 Å². The van der Waals surface area contributed by atoms with Gasteiger partial charge in [-0.15, -0.1) is 0 Å². The average molecular weight is 263 g/mol. The van der Waals surface area contributed by atoms with Crippen LogP contribution in [0.3, 0.4) is 0 Å². The van der Waals surface area contributed by atoms with Crippen molar-refractivity contribution in [2.45, 2.75) is 0 Å². The highest BCUT2D eigenvalue weighted by Gasteiger charge is 2.12. The molecule has 1 aromatic heterocycles. The normalized spacial score (nSPS) is 10.7. The van der Waals surface area contributed by atoms with Gasteiger partial charge in [-0.1, -0.05) is 12.1 Å². The van der Waals surface area contributed by atoms with Crippen molar-refractivity contribution in [2.75, 3.05) is 44.6 Å². The molecule has 0 aliphatic heterocycles. The number of methoxy groups -OCH3 is 1. The van der Waals surface area contributed by atoms with E-state index in [1.54, 1.807) is 19.4 Å². The van der Waals surface area contributed by atoms with E-state index in [-0.39, 0.29) is 5.82 Å². The number of halogens is 1. The van der Waals surface area contributed by atoms with Gasteiger partial charge in [0.2, 0.25) is 0 Å². The van der Waals surface area contributed by atoms with Gasteiger partial charge in [-0.05, 0) is 6.07 Å². The Hall–Kier alpha value is -1.88. The maximum Gasteiger partial charge on any atom is 0.139 e.